The van der Waals surface area contributed by atoms with Gasteiger partial charge >= 0.3 is 5.97 Å². The topological polar surface area (TPSA) is 103 Å². The van der Waals surface area contributed by atoms with E-state index < -0.39 is 5.56 Å². The molecule has 0 saturated carbocycles. The molecule has 194 valence electrons. The molecule has 1 amide bonds. The molecule has 1 saturated heterocycles. The maximum atomic E-state index is 13.4. The summed E-state index contributed by atoms with van der Waals surface area (Å²) in [6, 6.07) is 13.6. The number of nitrogens with zero attached hydrogens (tertiary/aromatic N) is 3. The number of aromatic nitrogens is 2. The van der Waals surface area contributed by atoms with Gasteiger partial charge in [-0.25, -0.2) is 0 Å². The largest absolute Gasteiger partial charge is 0.490 e. The fourth-order valence-electron chi connectivity index (χ4n) is 4.26. The number of ether oxygens (including phenoxy) is 2. The SMILES string of the molecule is CCOC(=O)C1CCCN(C(=O)c2cccc(Nc3c(OCC)cnn(-c4ccc(Cl)cc4)c3=O)c2)C1. The van der Waals surface area contributed by atoms with E-state index >= 15 is 0 Å². The number of rotatable bonds is 8. The van der Waals surface area contributed by atoms with Gasteiger partial charge < -0.3 is 19.7 Å². The lowest BCUT2D eigenvalue weighted by Crippen LogP contribution is -2.42. The van der Waals surface area contributed by atoms with Crippen LogP contribution in [0.2, 0.25) is 5.02 Å². The van der Waals surface area contributed by atoms with E-state index in [0.717, 1.165) is 6.42 Å². The normalized spacial score (nSPS) is 15.2. The van der Waals surface area contributed by atoms with Crippen molar-refractivity contribution < 1.29 is 19.1 Å². The first-order chi connectivity index (χ1) is 17.9. The molecule has 0 radical (unpaired) electrons. The van der Waals surface area contributed by atoms with E-state index in [4.69, 9.17) is 21.1 Å². The summed E-state index contributed by atoms with van der Waals surface area (Å²) in [5.41, 5.74) is 1.30. The van der Waals surface area contributed by atoms with Crippen LogP contribution in [0.1, 0.15) is 37.0 Å². The molecule has 4 rings (SSSR count). The first kappa shape index (κ1) is 26.2. The van der Waals surface area contributed by atoms with E-state index in [0.29, 0.717) is 60.4 Å². The molecule has 1 aliphatic heterocycles. The van der Waals surface area contributed by atoms with Crippen LogP contribution >= 0.6 is 11.6 Å². The number of carbonyl (C=O) groups excluding carboxylic acids is 2. The summed E-state index contributed by atoms with van der Waals surface area (Å²) in [6.45, 7) is 5.13. The minimum Gasteiger partial charge on any atom is -0.490 e. The van der Waals surface area contributed by atoms with Gasteiger partial charge in [0.1, 0.15) is 0 Å². The quantitative estimate of drug-likeness (QED) is 0.434. The number of likely N-dealkylation sites (tertiary alicyclic amines) is 1. The van der Waals surface area contributed by atoms with Crippen LogP contribution in [0.4, 0.5) is 11.4 Å². The van der Waals surface area contributed by atoms with Gasteiger partial charge in [-0.3, -0.25) is 14.4 Å². The second kappa shape index (κ2) is 11.9. The molecule has 3 aromatic rings. The van der Waals surface area contributed by atoms with Gasteiger partial charge in [-0.05, 0) is 69.2 Å². The van der Waals surface area contributed by atoms with Crippen molar-refractivity contribution >= 4 is 34.9 Å². The average molecular weight is 525 g/mol. The number of anilines is 2. The van der Waals surface area contributed by atoms with Crippen molar-refractivity contribution in [1.82, 2.24) is 14.7 Å². The van der Waals surface area contributed by atoms with E-state index in [1.807, 2.05) is 6.92 Å². The standard InChI is InChI=1S/C27H29ClN4O5/c1-3-36-23-16-29-32(22-12-10-20(28)11-13-22)26(34)24(23)30-21-9-5-7-18(15-21)25(33)31-14-6-8-19(17-31)27(35)37-4-2/h5,7,9-13,15-16,19,30H,3-4,6,8,14,17H2,1-2H3. The van der Waals surface area contributed by atoms with Crippen LogP contribution in [0.3, 0.4) is 0 Å². The fourth-order valence-corrected chi connectivity index (χ4v) is 4.38. The van der Waals surface area contributed by atoms with Crippen LogP contribution in [0.15, 0.2) is 59.5 Å². The third-order valence-corrected chi connectivity index (χ3v) is 6.27. The molecule has 1 fully saturated rings. The van der Waals surface area contributed by atoms with E-state index in [2.05, 4.69) is 10.4 Å². The molecule has 9 nitrogen and oxygen atoms in total. The highest BCUT2D eigenvalue weighted by molar-refractivity contribution is 6.30. The second-order valence-corrected chi connectivity index (χ2v) is 8.99. The number of hydrogen-bond donors (Lipinski definition) is 1. The zero-order chi connectivity index (χ0) is 26.4. The molecule has 2 aromatic carbocycles. The molecule has 1 aliphatic rings. The third-order valence-electron chi connectivity index (χ3n) is 6.02. The lowest BCUT2D eigenvalue weighted by Gasteiger charge is -2.31. The Morgan fingerprint density at radius 3 is 2.65 bits per heavy atom. The Morgan fingerprint density at radius 2 is 1.92 bits per heavy atom. The minimum absolute atomic E-state index is 0.184. The Labute approximate surface area is 219 Å². The number of hydrogen-bond acceptors (Lipinski definition) is 7. The summed E-state index contributed by atoms with van der Waals surface area (Å²) >= 11 is 5.98. The first-order valence-corrected chi connectivity index (χ1v) is 12.6. The van der Waals surface area contributed by atoms with Crippen molar-refractivity contribution in [2.24, 2.45) is 5.92 Å². The number of benzene rings is 2. The molecule has 0 bridgehead atoms. The average Bonchev–Trinajstić information content (AvgIpc) is 2.91. The Hall–Kier alpha value is -3.85. The molecule has 0 spiro atoms. The number of halogens is 1. The van der Waals surface area contributed by atoms with Crippen molar-refractivity contribution in [3.05, 3.63) is 75.7 Å². The third kappa shape index (κ3) is 6.11. The van der Waals surface area contributed by atoms with Gasteiger partial charge in [0.25, 0.3) is 11.5 Å². The van der Waals surface area contributed by atoms with E-state index in [9.17, 15) is 14.4 Å². The highest BCUT2D eigenvalue weighted by Crippen LogP contribution is 2.26. The smallest absolute Gasteiger partial charge is 0.310 e. The Morgan fingerprint density at radius 1 is 1.14 bits per heavy atom. The summed E-state index contributed by atoms with van der Waals surface area (Å²) in [6.07, 6.45) is 2.90. The molecular formula is C27H29ClN4O5. The molecule has 2 heterocycles. The first-order valence-electron chi connectivity index (χ1n) is 12.2. The van der Waals surface area contributed by atoms with E-state index in [1.165, 1.54) is 10.9 Å². The van der Waals surface area contributed by atoms with Crippen LogP contribution in [-0.4, -0.2) is 52.9 Å². The van der Waals surface area contributed by atoms with Gasteiger partial charge in [0.15, 0.2) is 11.4 Å². The molecule has 1 aromatic heterocycles. The van der Waals surface area contributed by atoms with Crippen molar-refractivity contribution in [3.63, 3.8) is 0 Å². The lowest BCUT2D eigenvalue weighted by atomic mass is 9.97. The van der Waals surface area contributed by atoms with Crippen molar-refractivity contribution in [1.29, 1.82) is 0 Å². The fraction of sp³-hybridized carbons (Fsp3) is 0.333. The summed E-state index contributed by atoms with van der Waals surface area (Å²) in [5, 5.41) is 7.90. The monoisotopic (exact) mass is 524 g/mol. The van der Waals surface area contributed by atoms with Gasteiger partial charge in [0.05, 0.1) is 31.0 Å². The summed E-state index contributed by atoms with van der Waals surface area (Å²) < 4.78 is 12.0. The summed E-state index contributed by atoms with van der Waals surface area (Å²) in [5.74, 6) is -0.483. The van der Waals surface area contributed by atoms with Crippen molar-refractivity contribution in [3.8, 4) is 11.4 Å². The van der Waals surface area contributed by atoms with Crippen LogP contribution in [0.5, 0.6) is 5.75 Å². The van der Waals surface area contributed by atoms with Crippen molar-refractivity contribution in [2.45, 2.75) is 26.7 Å². The summed E-state index contributed by atoms with van der Waals surface area (Å²) in [4.78, 5) is 40.5. The van der Waals surface area contributed by atoms with E-state index in [1.54, 1.807) is 60.4 Å². The highest BCUT2D eigenvalue weighted by atomic mass is 35.5. The summed E-state index contributed by atoms with van der Waals surface area (Å²) in [7, 11) is 0. The van der Waals surface area contributed by atoms with Gasteiger partial charge in [0, 0.05) is 29.4 Å². The maximum absolute atomic E-state index is 13.4. The molecule has 10 heteroatoms. The number of amides is 1. The molecule has 1 unspecified atom stereocenters. The van der Waals surface area contributed by atoms with Crippen LogP contribution in [0, 0.1) is 5.92 Å². The van der Waals surface area contributed by atoms with Crippen LogP contribution < -0.4 is 15.6 Å². The predicted octanol–water partition coefficient (Wildman–Crippen LogP) is 4.44. The highest BCUT2D eigenvalue weighted by Gasteiger charge is 2.30. The van der Waals surface area contributed by atoms with Crippen molar-refractivity contribution in [2.75, 3.05) is 31.6 Å². The Kier molecular flexibility index (Phi) is 8.45. The molecule has 37 heavy (non-hydrogen) atoms. The van der Waals surface area contributed by atoms with Gasteiger partial charge in [-0.1, -0.05) is 17.7 Å². The van der Waals surface area contributed by atoms with Crippen LogP contribution in [0.25, 0.3) is 5.69 Å². The Bertz CT molecular complexity index is 1330. The molecule has 0 aliphatic carbocycles. The van der Waals surface area contributed by atoms with Gasteiger partial charge in [-0.2, -0.15) is 9.78 Å². The second-order valence-electron chi connectivity index (χ2n) is 8.56. The lowest BCUT2D eigenvalue weighted by molar-refractivity contribution is -0.149. The molecule has 1 N–H and O–H groups in total. The van der Waals surface area contributed by atoms with E-state index in [-0.39, 0.29) is 23.5 Å². The van der Waals surface area contributed by atoms with Crippen LogP contribution in [-0.2, 0) is 9.53 Å². The number of nitrogens with one attached hydrogen (secondary N) is 1. The zero-order valence-electron chi connectivity index (χ0n) is 20.8. The van der Waals surface area contributed by atoms with Gasteiger partial charge in [-0.15, -0.1) is 0 Å². The number of piperidine rings is 1. The predicted molar refractivity (Wildman–Crippen MR) is 141 cm³/mol. The van der Waals surface area contributed by atoms with Gasteiger partial charge in [0.2, 0.25) is 0 Å². The minimum atomic E-state index is -0.418. The maximum Gasteiger partial charge on any atom is 0.310 e. The molecule has 1 atom stereocenters. The number of esters is 1. The Balaban J connectivity index is 1.60. The number of carbonyl (C=O) groups is 2. The molecular weight excluding hydrogens is 496 g/mol. The zero-order valence-corrected chi connectivity index (χ0v) is 21.5.